The highest BCUT2D eigenvalue weighted by Crippen LogP contribution is 2.33. The molecule has 1 heterocycles. The molecule has 1 aromatic carbocycles. The van der Waals surface area contributed by atoms with Crippen molar-refractivity contribution in [1.29, 1.82) is 0 Å². The first-order chi connectivity index (χ1) is 9.86. The van der Waals surface area contributed by atoms with Crippen molar-refractivity contribution in [3.05, 3.63) is 33.8 Å². The third-order valence-electron chi connectivity index (χ3n) is 4.25. The standard InChI is InChI=1S/C15H19Cl2NO3/c1-2-15(21)5-7-18(8-6-15)13(14(19)20)10-3-4-11(16)12(17)9-10/h3-4,9,13,21H,2,5-8H2,1H3,(H,19,20). The first-order valence-electron chi connectivity index (χ1n) is 7.00. The van der Waals surface area contributed by atoms with E-state index in [0.29, 0.717) is 48.0 Å². The van der Waals surface area contributed by atoms with Crippen LogP contribution in [0.2, 0.25) is 10.0 Å². The molecule has 0 saturated carbocycles. The molecule has 1 atom stereocenters. The van der Waals surface area contributed by atoms with Crippen molar-refractivity contribution in [2.45, 2.75) is 37.8 Å². The fourth-order valence-corrected chi connectivity index (χ4v) is 3.05. The summed E-state index contributed by atoms with van der Waals surface area (Å²) in [4.78, 5) is 13.5. The molecule has 0 bridgehead atoms. The summed E-state index contributed by atoms with van der Waals surface area (Å²) in [6.45, 7) is 3.03. The molecule has 0 aromatic heterocycles. The van der Waals surface area contributed by atoms with Gasteiger partial charge < -0.3 is 10.2 Å². The van der Waals surface area contributed by atoms with Gasteiger partial charge in [0.25, 0.3) is 0 Å². The lowest BCUT2D eigenvalue weighted by Crippen LogP contribution is -2.47. The summed E-state index contributed by atoms with van der Waals surface area (Å²) in [6, 6.07) is 4.14. The molecule has 0 radical (unpaired) electrons. The van der Waals surface area contributed by atoms with Crippen LogP contribution in [0.3, 0.4) is 0 Å². The van der Waals surface area contributed by atoms with E-state index in [1.165, 1.54) is 0 Å². The minimum absolute atomic E-state index is 0.350. The number of benzene rings is 1. The summed E-state index contributed by atoms with van der Waals surface area (Å²) >= 11 is 11.9. The Hall–Kier alpha value is -0.810. The Morgan fingerprint density at radius 3 is 2.43 bits per heavy atom. The smallest absolute Gasteiger partial charge is 0.325 e. The Bertz CT molecular complexity index is 528. The highest BCUT2D eigenvalue weighted by molar-refractivity contribution is 6.42. The van der Waals surface area contributed by atoms with Crippen LogP contribution in [0.5, 0.6) is 0 Å². The van der Waals surface area contributed by atoms with Crippen molar-refractivity contribution >= 4 is 29.2 Å². The van der Waals surface area contributed by atoms with E-state index >= 15 is 0 Å². The zero-order valence-electron chi connectivity index (χ0n) is 11.9. The molecule has 2 rings (SSSR count). The first kappa shape index (κ1) is 16.6. The predicted molar refractivity (Wildman–Crippen MR) is 82.9 cm³/mol. The second-order valence-electron chi connectivity index (χ2n) is 5.53. The SMILES string of the molecule is CCC1(O)CCN(C(C(=O)O)c2ccc(Cl)c(Cl)c2)CC1. The van der Waals surface area contributed by atoms with Crippen LogP contribution < -0.4 is 0 Å². The molecule has 6 heteroatoms. The second kappa shape index (κ2) is 6.53. The van der Waals surface area contributed by atoms with Gasteiger partial charge in [0.2, 0.25) is 0 Å². The summed E-state index contributed by atoms with van der Waals surface area (Å²) in [7, 11) is 0. The van der Waals surface area contributed by atoms with E-state index in [1.54, 1.807) is 18.2 Å². The molecule has 1 saturated heterocycles. The molecule has 21 heavy (non-hydrogen) atoms. The Morgan fingerprint density at radius 2 is 1.95 bits per heavy atom. The number of aliphatic hydroxyl groups is 1. The molecule has 0 spiro atoms. The summed E-state index contributed by atoms with van der Waals surface area (Å²) in [5.74, 6) is -0.921. The highest BCUT2D eigenvalue weighted by Gasteiger charge is 2.36. The zero-order valence-corrected chi connectivity index (χ0v) is 13.4. The van der Waals surface area contributed by atoms with Gasteiger partial charge in [-0.1, -0.05) is 36.2 Å². The van der Waals surface area contributed by atoms with Crippen LogP contribution in [0.4, 0.5) is 0 Å². The van der Waals surface area contributed by atoms with E-state index in [9.17, 15) is 15.0 Å². The van der Waals surface area contributed by atoms with Gasteiger partial charge >= 0.3 is 5.97 Å². The number of carboxylic acid groups (broad SMARTS) is 1. The zero-order chi connectivity index (χ0) is 15.6. The first-order valence-corrected chi connectivity index (χ1v) is 7.76. The van der Waals surface area contributed by atoms with Crippen molar-refractivity contribution in [2.24, 2.45) is 0 Å². The van der Waals surface area contributed by atoms with E-state index in [-0.39, 0.29) is 0 Å². The van der Waals surface area contributed by atoms with Crippen molar-refractivity contribution < 1.29 is 15.0 Å². The Morgan fingerprint density at radius 1 is 1.33 bits per heavy atom. The van der Waals surface area contributed by atoms with Crippen LogP contribution in [0.15, 0.2) is 18.2 Å². The molecular weight excluding hydrogens is 313 g/mol. The number of carboxylic acids is 1. The third-order valence-corrected chi connectivity index (χ3v) is 4.98. The number of rotatable bonds is 4. The summed E-state index contributed by atoms with van der Waals surface area (Å²) in [6.07, 6.45) is 1.84. The van der Waals surface area contributed by atoms with E-state index in [4.69, 9.17) is 23.2 Å². The summed E-state index contributed by atoms with van der Waals surface area (Å²) < 4.78 is 0. The average molecular weight is 332 g/mol. The summed E-state index contributed by atoms with van der Waals surface area (Å²) in [5, 5.41) is 20.6. The van der Waals surface area contributed by atoms with Gasteiger partial charge in [-0.2, -0.15) is 0 Å². The molecule has 4 nitrogen and oxygen atoms in total. The minimum atomic E-state index is -0.921. The van der Waals surface area contributed by atoms with Crippen molar-refractivity contribution in [2.75, 3.05) is 13.1 Å². The Balaban J connectivity index is 2.20. The van der Waals surface area contributed by atoms with Crippen molar-refractivity contribution in [3.63, 3.8) is 0 Å². The van der Waals surface area contributed by atoms with Crippen LogP contribution in [0, 0.1) is 0 Å². The number of aliphatic carboxylic acids is 1. The molecule has 1 aliphatic heterocycles. The second-order valence-corrected chi connectivity index (χ2v) is 6.34. The molecule has 1 fully saturated rings. The minimum Gasteiger partial charge on any atom is -0.480 e. The van der Waals surface area contributed by atoms with Gasteiger partial charge in [0.15, 0.2) is 0 Å². The topological polar surface area (TPSA) is 60.8 Å². The van der Waals surface area contributed by atoms with E-state index in [2.05, 4.69) is 0 Å². The van der Waals surface area contributed by atoms with E-state index in [0.717, 1.165) is 0 Å². The third kappa shape index (κ3) is 3.69. The average Bonchev–Trinajstić information content (AvgIpc) is 2.45. The van der Waals surface area contributed by atoms with E-state index < -0.39 is 17.6 Å². The quantitative estimate of drug-likeness (QED) is 0.888. The maximum Gasteiger partial charge on any atom is 0.325 e. The Labute approximate surface area is 134 Å². The van der Waals surface area contributed by atoms with Gasteiger partial charge in [-0.05, 0) is 37.0 Å². The largest absolute Gasteiger partial charge is 0.480 e. The Kier molecular flexibility index (Phi) is 5.15. The number of nitrogens with zero attached hydrogens (tertiary/aromatic N) is 1. The van der Waals surface area contributed by atoms with Crippen molar-refractivity contribution in [1.82, 2.24) is 4.90 Å². The van der Waals surface area contributed by atoms with Crippen LogP contribution in [0.25, 0.3) is 0 Å². The molecule has 0 amide bonds. The highest BCUT2D eigenvalue weighted by atomic mass is 35.5. The lowest BCUT2D eigenvalue weighted by molar-refractivity contribution is -0.145. The van der Waals surface area contributed by atoms with Gasteiger partial charge in [0.05, 0.1) is 15.6 Å². The molecule has 116 valence electrons. The lowest BCUT2D eigenvalue weighted by atomic mass is 9.88. The van der Waals surface area contributed by atoms with Crippen LogP contribution in [-0.4, -0.2) is 39.8 Å². The molecular formula is C15H19Cl2NO3. The summed E-state index contributed by atoms with van der Waals surface area (Å²) in [5.41, 5.74) is -0.0594. The van der Waals surface area contributed by atoms with Gasteiger partial charge in [-0.15, -0.1) is 0 Å². The number of hydrogen-bond acceptors (Lipinski definition) is 3. The number of hydrogen-bond donors (Lipinski definition) is 2. The fourth-order valence-electron chi connectivity index (χ4n) is 2.74. The van der Waals surface area contributed by atoms with Gasteiger partial charge in [0.1, 0.15) is 6.04 Å². The molecule has 2 N–H and O–H groups in total. The van der Waals surface area contributed by atoms with Gasteiger partial charge in [-0.25, -0.2) is 0 Å². The molecule has 1 aliphatic rings. The fraction of sp³-hybridized carbons (Fsp3) is 0.533. The maximum atomic E-state index is 11.6. The maximum absolute atomic E-state index is 11.6. The number of piperidine rings is 1. The van der Waals surface area contributed by atoms with Crippen LogP contribution in [0.1, 0.15) is 37.8 Å². The predicted octanol–water partition coefficient (Wildman–Crippen LogP) is 3.36. The van der Waals surface area contributed by atoms with E-state index in [1.807, 2.05) is 11.8 Å². The van der Waals surface area contributed by atoms with Gasteiger partial charge in [-0.3, -0.25) is 9.69 Å². The number of carbonyl (C=O) groups is 1. The van der Waals surface area contributed by atoms with Gasteiger partial charge in [0, 0.05) is 13.1 Å². The lowest BCUT2D eigenvalue weighted by Gasteiger charge is -2.40. The van der Waals surface area contributed by atoms with Crippen molar-refractivity contribution in [3.8, 4) is 0 Å². The normalized spacial score (nSPS) is 20.2. The molecule has 0 aliphatic carbocycles. The number of halogens is 2. The monoisotopic (exact) mass is 331 g/mol. The molecule has 1 unspecified atom stereocenters. The number of likely N-dealkylation sites (tertiary alicyclic amines) is 1. The van der Waals surface area contributed by atoms with Crippen LogP contribution in [-0.2, 0) is 4.79 Å². The molecule has 1 aromatic rings. The van der Waals surface area contributed by atoms with Crippen LogP contribution >= 0.6 is 23.2 Å².